The summed E-state index contributed by atoms with van der Waals surface area (Å²) >= 11 is 0. The van der Waals surface area contributed by atoms with Crippen LogP contribution in [0, 0.1) is 10.1 Å². The first kappa shape index (κ1) is 20.1. The second-order valence-corrected chi connectivity index (χ2v) is 5.96. The zero-order chi connectivity index (χ0) is 19.8. The maximum atomic E-state index is 12.6. The molecule has 0 heterocycles. The van der Waals surface area contributed by atoms with E-state index in [1.54, 1.807) is 24.3 Å². The molecule has 7 heteroatoms. The van der Waals surface area contributed by atoms with E-state index in [2.05, 4.69) is 0 Å². The van der Waals surface area contributed by atoms with Gasteiger partial charge in [0.1, 0.15) is 11.5 Å². The van der Waals surface area contributed by atoms with E-state index in [0.717, 1.165) is 6.42 Å². The molecule has 0 spiro atoms. The number of hydrogen-bond donors (Lipinski definition) is 0. The molecule has 2 aromatic rings. The SMILES string of the molecule is CCCCC(=O)Oc1ccc([N+](=O)[O-])cc1CC(=O)c1ccc(OC)cc1. The Morgan fingerprint density at radius 3 is 2.41 bits per heavy atom. The number of Topliss-reactive ketones (excluding diaryl/α,β-unsaturated/α-hetero) is 1. The van der Waals surface area contributed by atoms with Crippen LogP contribution >= 0.6 is 0 Å². The maximum absolute atomic E-state index is 12.6. The number of methoxy groups -OCH3 is 1. The molecule has 27 heavy (non-hydrogen) atoms. The Labute approximate surface area is 157 Å². The Morgan fingerprint density at radius 1 is 1.11 bits per heavy atom. The van der Waals surface area contributed by atoms with Gasteiger partial charge in [0.15, 0.2) is 5.78 Å². The number of ether oxygens (including phenoxy) is 2. The number of rotatable bonds is 9. The number of carbonyl (C=O) groups excluding carboxylic acids is 2. The lowest BCUT2D eigenvalue weighted by molar-refractivity contribution is -0.384. The van der Waals surface area contributed by atoms with Gasteiger partial charge in [-0.25, -0.2) is 0 Å². The normalized spacial score (nSPS) is 10.3. The van der Waals surface area contributed by atoms with Crippen LogP contribution in [0.2, 0.25) is 0 Å². The Morgan fingerprint density at radius 2 is 1.81 bits per heavy atom. The number of non-ortho nitro benzene ring substituents is 1. The molecule has 0 bridgehead atoms. The van der Waals surface area contributed by atoms with Crippen LogP contribution in [0.15, 0.2) is 42.5 Å². The molecule has 7 nitrogen and oxygen atoms in total. The largest absolute Gasteiger partial charge is 0.497 e. The second kappa shape index (κ2) is 9.47. The molecule has 0 unspecified atom stereocenters. The molecule has 0 aliphatic rings. The van der Waals surface area contributed by atoms with Crippen LogP contribution < -0.4 is 9.47 Å². The van der Waals surface area contributed by atoms with Gasteiger partial charge in [-0.05, 0) is 36.8 Å². The van der Waals surface area contributed by atoms with E-state index in [9.17, 15) is 19.7 Å². The van der Waals surface area contributed by atoms with Gasteiger partial charge < -0.3 is 9.47 Å². The number of carbonyl (C=O) groups is 2. The molecule has 0 atom stereocenters. The number of nitro benzene ring substituents is 1. The molecule has 0 radical (unpaired) electrons. The molecule has 2 aromatic carbocycles. The Kier molecular flexibility index (Phi) is 7.05. The fourth-order valence-electron chi connectivity index (χ4n) is 2.46. The van der Waals surface area contributed by atoms with Crippen molar-refractivity contribution in [1.82, 2.24) is 0 Å². The highest BCUT2D eigenvalue weighted by Gasteiger charge is 2.18. The lowest BCUT2D eigenvalue weighted by Gasteiger charge is -2.10. The van der Waals surface area contributed by atoms with Crippen molar-refractivity contribution in [3.63, 3.8) is 0 Å². The highest BCUT2D eigenvalue weighted by Crippen LogP contribution is 2.26. The highest BCUT2D eigenvalue weighted by molar-refractivity contribution is 5.98. The molecule has 2 rings (SSSR count). The first-order chi connectivity index (χ1) is 12.9. The van der Waals surface area contributed by atoms with Gasteiger partial charge in [-0.2, -0.15) is 0 Å². The summed E-state index contributed by atoms with van der Waals surface area (Å²) in [4.78, 5) is 35.0. The van der Waals surface area contributed by atoms with Gasteiger partial charge in [-0.15, -0.1) is 0 Å². The molecule has 0 aliphatic heterocycles. The third kappa shape index (κ3) is 5.64. The van der Waals surface area contributed by atoms with Crippen molar-refractivity contribution in [3.8, 4) is 11.5 Å². The molecule has 0 amide bonds. The van der Waals surface area contributed by atoms with Crippen molar-refractivity contribution in [3.05, 3.63) is 63.7 Å². The summed E-state index contributed by atoms with van der Waals surface area (Å²) in [6.07, 6.45) is 1.66. The fraction of sp³-hybridized carbons (Fsp3) is 0.300. The predicted octanol–water partition coefficient (Wildman–Crippen LogP) is 4.12. The minimum Gasteiger partial charge on any atom is -0.497 e. The lowest BCUT2D eigenvalue weighted by Crippen LogP contribution is -2.11. The van der Waals surface area contributed by atoms with E-state index in [4.69, 9.17) is 9.47 Å². The minimum atomic E-state index is -0.552. The first-order valence-corrected chi connectivity index (χ1v) is 8.59. The van der Waals surface area contributed by atoms with Crippen LogP contribution in [0.1, 0.15) is 42.1 Å². The Bertz CT molecular complexity index is 829. The van der Waals surface area contributed by atoms with Crippen molar-refractivity contribution in [1.29, 1.82) is 0 Å². The van der Waals surface area contributed by atoms with Crippen LogP contribution in [0.5, 0.6) is 11.5 Å². The third-order valence-corrected chi connectivity index (χ3v) is 3.98. The van der Waals surface area contributed by atoms with Gasteiger partial charge in [0.2, 0.25) is 0 Å². The Balaban J connectivity index is 2.25. The summed E-state index contributed by atoms with van der Waals surface area (Å²) in [5.74, 6) is 0.115. The first-order valence-electron chi connectivity index (χ1n) is 8.59. The number of hydrogen-bond acceptors (Lipinski definition) is 6. The van der Waals surface area contributed by atoms with E-state index < -0.39 is 10.9 Å². The average Bonchev–Trinajstić information content (AvgIpc) is 2.67. The molecule has 0 aliphatic carbocycles. The molecule has 0 N–H and O–H groups in total. The molecule has 0 saturated carbocycles. The number of nitrogens with zero attached hydrogens (tertiary/aromatic N) is 1. The van der Waals surface area contributed by atoms with E-state index >= 15 is 0 Å². The van der Waals surface area contributed by atoms with Gasteiger partial charge in [-0.1, -0.05) is 13.3 Å². The van der Waals surface area contributed by atoms with Crippen LogP contribution in [-0.2, 0) is 11.2 Å². The predicted molar refractivity (Wildman–Crippen MR) is 99.3 cm³/mol. The Hall–Kier alpha value is -3.22. The zero-order valence-corrected chi connectivity index (χ0v) is 15.3. The number of nitro groups is 1. The molecule has 142 valence electrons. The van der Waals surface area contributed by atoms with Crippen molar-refractivity contribution >= 4 is 17.4 Å². The van der Waals surface area contributed by atoms with Crippen molar-refractivity contribution in [2.45, 2.75) is 32.6 Å². The van der Waals surface area contributed by atoms with E-state index in [1.807, 2.05) is 6.92 Å². The summed E-state index contributed by atoms with van der Waals surface area (Å²) in [6.45, 7) is 1.96. The number of benzene rings is 2. The second-order valence-electron chi connectivity index (χ2n) is 5.96. The van der Waals surface area contributed by atoms with Crippen molar-refractivity contribution in [2.75, 3.05) is 7.11 Å². The minimum absolute atomic E-state index is 0.121. The molecular weight excluding hydrogens is 350 g/mol. The van der Waals surface area contributed by atoms with Gasteiger partial charge in [0.05, 0.1) is 12.0 Å². The number of esters is 1. The summed E-state index contributed by atoms with van der Waals surface area (Å²) in [6, 6.07) is 10.4. The standard InChI is InChI=1S/C20H21NO6/c1-3-4-5-20(23)27-19-11-8-16(21(24)25)12-15(19)13-18(22)14-6-9-17(26-2)10-7-14/h6-12H,3-5,13H2,1-2H3. The van der Waals surface area contributed by atoms with Gasteiger partial charge >= 0.3 is 5.97 Å². The van der Waals surface area contributed by atoms with Crippen LogP contribution in [0.25, 0.3) is 0 Å². The summed E-state index contributed by atoms with van der Waals surface area (Å²) < 4.78 is 10.4. The topological polar surface area (TPSA) is 95.7 Å². The van der Waals surface area contributed by atoms with Gasteiger partial charge in [0, 0.05) is 36.1 Å². The van der Waals surface area contributed by atoms with E-state index in [0.29, 0.717) is 23.3 Å². The molecule has 0 fully saturated rings. The number of ketones is 1. The fourth-order valence-corrected chi connectivity index (χ4v) is 2.46. The van der Waals surface area contributed by atoms with Crippen LogP contribution in [-0.4, -0.2) is 23.8 Å². The summed E-state index contributed by atoms with van der Waals surface area (Å²) in [7, 11) is 1.53. The quantitative estimate of drug-likeness (QED) is 0.216. The van der Waals surface area contributed by atoms with Gasteiger partial charge in [0.25, 0.3) is 5.69 Å². The highest BCUT2D eigenvalue weighted by atomic mass is 16.6. The summed E-state index contributed by atoms with van der Waals surface area (Å²) in [5, 5.41) is 11.1. The third-order valence-electron chi connectivity index (χ3n) is 3.98. The average molecular weight is 371 g/mol. The number of unbranched alkanes of at least 4 members (excludes halogenated alkanes) is 1. The van der Waals surface area contributed by atoms with E-state index in [-0.39, 0.29) is 30.1 Å². The van der Waals surface area contributed by atoms with Crippen molar-refractivity contribution in [2.24, 2.45) is 0 Å². The van der Waals surface area contributed by atoms with Crippen molar-refractivity contribution < 1.29 is 24.0 Å². The van der Waals surface area contributed by atoms with Crippen LogP contribution in [0.3, 0.4) is 0 Å². The van der Waals surface area contributed by atoms with Gasteiger partial charge in [-0.3, -0.25) is 19.7 Å². The zero-order valence-electron chi connectivity index (χ0n) is 15.3. The maximum Gasteiger partial charge on any atom is 0.311 e. The van der Waals surface area contributed by atoms with E-state index in [1.165, 1.54) is 25.3 Å². The molecule has 0 aromatic heterocycles. The molecule has 0 saturated heterocycles. The lowest BCUT2D eigenvalue weighted by atomic mass is 10.0. The smallest absolute Gasteiger partial charge is 0.311 e. The van der Waals surface area contributed by atoms with Crippen LogP contribution in [0.4, 0.5) is 5.69 Å². The summed E-state index contributed by atoms with van der Waals surface area (Å²) in [5.41, 5.74) is 0.571. The monoisotopic (exact) mass is 371 g/mol. The molecular formula is C20H21NO6.